The van der Waals surface area contributed by atoms with Crippen LogP contribution in [0.5, 0.6) is 5.75 Å². The van der Waals surface area contributed by atoms with Gasteiger partial charge in [0, 0.05) is 16.3 Å². The average molecular weight is 306 g/mol. The van der Waals surface area contributed by atoms with Gasteiger partial charge in [0.15, 0.2) is 6.10 Å². The maximum absolute atomic E-state index is 13.1. The van der Waals surface area contributed by atoms with Crippen molar-refractivity contribution in [3.8, 4) is 5.75 Å². The Balaban J connectivity index is 2.52. The van der Waals surface area contributed by atoms with Gasteiger partial charge < -0.3 is 9.84 Å². The van der Waals surface area contributed by atoms with Gasteiger partial charge in [-0.3, -0.25) is 0 Å². The smallest absolute Gasteiger partial charge is 0.418 e. The highest BCUT2D eigenvalue weighted by molar-refractivity contribution is 6.08. The number of halogens is 3. The lowest BCUT2D eigenvalue weighted by molar-refractivity contribution is -0.206. The predicted molar refractivity (Wildman–Crippen MR) is 79.0 cm³/mol. The lowest BCUT2D eigenvalue weighted by Gasteiger charge is -2.21. The largest absolute Gasteiger partial charge is 0.495 e. The standard InChI is InChI=1S/C17H13F3O2/c1-22-15-12-8-4-2-6-10(12)14(16(21)17(18,19)20)11-7-3-5-9-13(11)15/h2-9,16,21H,1H3. The van der Waals surface area contributed by atoms with Crippen molar-refractivity contribution >= 4 is 21.5 Å². The Morgan fingerprint density at radius 3 is 1.64 bits per heavy atom. The van der Waals surface area contributed by atoms with E-state index in [1.165, 1.54) is 7.11 Å². The molecule has 1 N–H and O–H groups in total. The van der Waals surface area contributed by atoms with Crippen molar-refractivity contribution in [1.29, 1.82) is 0 Å². The first kappa shape index (κ1) is 14.7. The van der Waals surface area contributed by atoms with Crippen LogP contribution < -0.4 is 4.74 Å². The Morgan fingerprint density at radius 1 is 0.864 bits per heavy atom. The minimum absolute atomic E-state index is 0.139. The van der Waals surface area contributed by atoms with E-state index in [0.29, 0.717) is 27.3 Å². The number of aliphatic hydroxyl groups is 1. The molecule has 0 aromatic heterocycles. The number of fused-ring (bicyclic) bond motifs is 2. The Labute approximate surface area is 124 Å². The van der Waals surface area contributed by atoms with Crippen molar-refractivity contribution in [2.24, 2.45) is 0 Å². The van der Waals surface area contributed by atoms with Gasteiger partial charge in [-0.25, -0.2) is 0 Å². The fraction of sp³-hybridized carbons (Fsp3) is 0.176. The number of aliphatic hydroxyl groups excluding tert-OH is 1. The Bertz CT molecular complexity index is 783. The summed E-state index contributed by atoms with van der Waals surface area (Å²) in [7, 11) is 1.48. The quantitative estimate of drug-likeness (QED) is 0.701. The maximum atomic E-state index is 13.1. The number of methoxy groups -OCH3 is 1. The van der Waals surface area contributed by atoms with Crippen molar-refractivity contribution in [3.63, 3.8) is 0 Å². The molecule has 0 fully saturated rings. The molecule has 0 aliphatic rings. The molecular formula is C17H13F3O2. The third-order valence-corrected chi connectivity index (χ3v) is 3.71. The van der Waals surface area contributed by atoms with E-state index in [1.807, 2.05) is 0 Å². The van der Waals surface area contributed by atoms with Crippen molar-refractivity contribution in [3.05, 3.63) is 54.1 Å². The van der Waals surface area contributed by atoms with Crippen molar-refractivity contribution in [1.82, 2.24) is 0 Å². The molecule has 3 aromatic carbocycles. The van der Waals surface area contributed by atoms with Crippen molar-refractivity contribution < 1.29 is 23.0 Å². The Kier molecular flexibility index (Phi) is 3.45. The first-order valence-electron chi connectivity index (χ1n) is 6.67. The molecule has 0 aliphatic heterocycles. The second-order valence-corrected chi connectivity index (χ2v) is 4.98. The number of ether oxygens (including phenoxy) is 1. The molecule has 0 aliphatic carbocycles. The van der Waals surface area contributed by atoms with Crippen LogP contribution in [0.25, 0.3) is 21.5 Å². The summed E-state index contributed by atoms with van der Waals surface area (Å²) >= 11 is 0. The Hall–Kier alpha value is -2.27. The lowest BCUT2D eigenvalue weighted by Crippen LogP contribution is -2.20. The van der Waals surface area contributed by atoms with Crippen LogP contribution in [-0.4, -0.2) is 18.4 Å². The van der Waals surface area contributed by atoms with E-state index in [-0.39, 0.29) is 5.56 Å². The third kappa shape index (κ3) is 2.18. The summed E-state index contributed by atoms with van der Waals surface area (Å²) in [4.78, 5) is 0. The van der Waals surface area contributed by atoms with E-state index in [1.54, 1.807) is 48.5 Å². The van der Waals surface area contributed by atoms with Crippen LogP contribution in [0.2, 0.25) is 0 Å². The molecule has 22 heavy (non-hydrogen) atoms. The third-order valence-electron chi connectivity index (χ3n) is 3.71. The van der Waals surface area contributed by atoms with Gasteiger partial charge in [-0.1, -0.05) is 48.5 Å². The molecule has 3 rings (SSSR count). The number of alkyl halides is 3. The first-order chi connectivity index (χ1) is 10.4. The molecule has 0 amide bonds. The van der Waals surface area contributed by atoms with Crippen molar-refractivity contribution in [2.45, 2.75) is 12.3 Å². The normalized spacial score (nSPS) is 13.5. The van der Waals surface area contributed by atoms with Gasteiger partial charge in [0.05, 0.1) is 7.11 Å². The first-order valence-corrected chi connectivity index (χ1v) is 6.67. The summed E-state index contributed by atoms with van der Waals surface area (Å²) < 4.78 is 44.7. The molecule has 1 atom stereocenters. The molecular weight excluding hydrogens is 293 g/mol. The van der Waals surface area contributed by atoms with Crippen LogP contribution in [0.15, 0.2) is 48.5 Å². The zero-order valence-electron chi connectivity index (χ0n) is 11.7. The van der Waals surface area contributed by atoms with Crippen LogP contribution in [-0.2, 0) is 0 Å². The molecule has 0 heterocycles. The fourth-order valence-corrected chi connectivity index (χ4v) is 2.80. The molecule has 2 nitrogen and oxygen atoms in total. The van der Waals surface area contributed by atoms with Crippen LogP contribution in [0, 0.1) is 0 Å². The Morgan fingerprint density at radius 2 is 1.27 bits per heavy atom. The molecule has 1 unspecified atom stereocenters. The summed E-state index contributed by atoms with van der Waals surface area (Å²) in [6.45, 7) is 0. The zero-order valence-corrected chi connectivity index (χ0v) is 11.7. The highest BCUT2D eigenvalue weighted by Gasteiger charge is 2.41. The average Bonchev–Trinajstić information content (AvgIpc) is 2.51. The van der Waals surface area contributed by atoms with E-state index in [4.69, 9.17) is 4.74 Å². The van der Waals surface area contributed by atoms with Crippen LogP contribution >= 0.6 is 0 Å². The topological polar surface area (TPSA) is 29.5 Å². The van der Waals surface area contributed by atoms with Gasteiger partial charge in [0.1, 0.15) is 5.75 Å². The monoisotopic (exact) mass is 306 g/mol. The molecule has 114 valence electrons. The van der Waals surface area contributed by atoms with E-state index in [9.17, 15) is 18.3 Å². The van der Waals surface area contributed by atoms with E-state index < -0.39 is 12.3 Å². The van der Waals surface area contributed by atoms with Gasteiger partial charge in [-0.05, 0) is 10.8 Å². The summed E-state index contributed by atoms with van der Waals surface area (Å²) in [6.07, 6.45) is -7.28. The summed E-state index contributed by atoms with van der Waals surface area (Å²) in [5.41, 5.74) is -0.139. The van der Waals surface area contributed by atoms with E-state index >= 15 is 0 Å². The second kappa shape index (κ2) is 5.18. The molecule has 5 heteroatoms. The number of hydrogen-bond acceptors (Lipinski definition) is 2. The minimum Gasteiger partial charge on any atom is -0.495 e. The SMILES string of the molecule is COc1c2ccccc2c(C(O)C(F)(F)F)c2ccccc12. The summed E-state index contributed by atoms with van der Waals surface area (Å²) in [5, 5.41) is 11.6. The van der Waals surface area contributed by atoms with Crippen LogP contribution in [0.1, 0.15) is 11.7 Å². The van der Waals surface area contributed by atoms with Gasteiger partial charge in [0.25, 0.3) is 0 Å². The molecule has 3 aromatic rings. The van der Waals surface area contributed by atoms with Crippen molar-refractivity contribution in [2.75, 3.05) is 7.11 Å². The predicted octanol–water partition coefficient (Wildman–Crippen LogP) is 4.60. The van der Waals surface area contributed by atoms with Gasteiger partial charge in [0.2, 0.25) is 0 Å². The number of hydrogen-bond donors (Lipinski definition) is 1. The molecule has 0 spiro atoms. The number of rotatable bonds is 2. The molecule has 0 saturated carbocycles. The minimum atomic E-state index is -4.74. The second-order valence-electron chi connectivity index (χ2n) is 4.98. The van der Waals surface area contributed by atoms with Crippen LogP contribution in [0.3, 0.4) is 0 Å². The van der Waals surface area contributed by atoms with E-state index in [2.05, 4.69) is 0 Å². The number of benzene rings is 3. The molecule has 0 radical (unpaired) electrons. The van der Waals surface area contributed by atoms with Gasteiger partial charge >= 0.3 is 6.18 Å². The van der Waals surface area contributed by atoms with Crippen LogP contribution in [0.4, 0.5) is 13.2 Å². The lowest BCUT2D eigenvalue weighted by atomic mass is 9.92. The molecule has 0 saturated heterocycles. The zero-order chi connectivity index (χ0) is 15.9. The fourth-order valence-electron chi connectivity index (χ4n) is 2.80. The maximum Gasteiger partial charge on any atom is 0.418 e. The van der Waals surface area contributed by atoms with Gasteiger partial charge in [-0.2, -0.15) is 13.2 Å². The summed E-state index contributed by atoms with van der Waals surface area (Å²) in [6, 6.07) is 13.2. The van der Waals surface area contributed by atoms with E-state index in [0.717, 1.165) is 0 Å². The molecule has 0 bridgehead atoms. The highest BCUT2D eigenvalue weighted by Crippen LogP contribution is 2.44. The van der Waals surface area contributed by atoms with Gasteiger partial charge in [-0.15, -0.1) is 0 Å². The summed E-state index contributed by atoms with van der Waals surface area (Å²) in [5.74, 6) is 0.504. The highest BCUT2D eigenvalue weighted by atomic mass is 19.4.